The molecule has 0 amide bonds. The smallest absolute Gasteiger partial charge is 0.116 e. The summed E-state index contributed by atoms with van der Waals surface area (Å²) in [6.45, 7) is 6.19. The molecule has 0 atom stereocenters. The van der Waals surface area contributed by atoms with Gasteiger partial charge < -0.3 is 4.98 Å². The zero-order valence-corrected chi connectivity index (χ0v) is 17.0. The van der Waals surface area contributed by atoms with Gasteiger partial charge in [0.2, 0.25) is 0 Å². The largest absolute Gasteiger partial charge is 0.352 e. The van der Waals surface area contributed by atoms with Crippen molar-refractivity contribution in [3.8, 4) is 22.5 Å². The highest BCUT2D eigenvalue weighted by atomic mass is 15.1. The number of hydrogen-bond donors (Lipinski definition) is 2. The quantitative estimate of drug-likeness (QED) is 0.478. The van der Waals surface area contributed by atoms with Crippen LogP contribution in [0.25, 0.3) is 51.1 Å². The van der Waals surface area contributed by atoms with Crippen molar-refractivity contribution in [2.24, 2.45) is 0 Å². The van der Waals surface area contributed by atoms with Crippen LogP contribution in [0.3, 0.4) is 0 Å². The number of pyridine rings is 3. The van der Waals surface area contributed by atoms with E-state index in [4.69, 9.17) is 0 Å². The van der Waals surface area contributed by atoms with Gasteiger partial charge in [0.25, 0.3) is 0 Å². The molecular weight excluding hydrogens is 384 g/mol. The Kier molecular flexibility index (Phi) is 4.72. The van der Waals surface area contributed by atoms with Crippen molar-refractivity contribution < 1.29 is 0 Å². The number of aromatic nitrogens is 6. The van der Waals surface area contributed by atoms with Crippen LogP contribution in [-0.4, -0.2) is 30.1 Å². The molecule has 0 spiro atoms. The molecule has 0 saturated carbocycles. The molecule has 6 heteroatoms. The van der Waals surface area contributed by atoms with E-state index in [-0.39, 0.29) is 0 Å². The van der Waals surface area contributed by atoms with E-state index in [1.807, 2.05) is 68.0 Å². The predicted molar refractivity (Wildman–Crippen MR) is 124 cm³/mol. The van der Waals surface area contributed by atoms with Gasteiger partial charge in [-0.1, -0.05) is 24.8 Å². The molecule has 0 saturated heterocycles. The first kappa shape index (κ1) is 18.7. The highest BCUT2D eigenvalue weighted by Gasteiger charge is 2.13. The molecule has 0 unspecified atom stereocenters. The van der Waals surface area contributed by atoms with Crippen molar-refractivity contribution in [3.63, 3.8) is 0 Å². The van der Waals surface area contributed by atoms with Gasteiger partial charge in [0.1, 0.15) is 5.69 Å². The summed E-state index contributed by atoms with van der Waals surface area (Å²) in [4.78, 5) is 16.5. The lowest BCUT2D eigenvalue weighted by Crippen LogP contribution is -2.23. The zero-order valence-electron chi connectivity index (χ0n) is 17.0. The Morgan fingerprint density at radius 1 is 1.03 bits per heavy atom. The number of fused-ring (bicyclic) bond motifs is 1. The summed E-state index contributed by atoms with van der Waals surface area (Å²) in [6.07, 6.45) is 13.1. The van der Waals surface area contributed by atoms with Gasteiger partial charge in [-0.05, 0) is 42.8 Å². The first-order chi connectivity index (χ1) is 15.2. The lowest BCUT2D eigenvalue weighted by atomic mass is 10.1. The van der Waals surface area contributed by atoms with Gasteiger partial charge in [0.05, 0.1) is 28.5 Å². The highest BCUT2D eigenvalue weighted by molar-refractivity contribution is 5.97. The number of allylic oxidation sites excluding steroid dienone is 1. The minimum Gasteiger partial charge on any atom is -0.352 e. The minimum atomic E-state index is 0.818. The van der Waals surface area contributed by atoms with Crippen molar-refractivity contribution in [1.29, 1.82) is 0 Å². The zero-order chi connectivity index (χ0) is 21.2. The van der Waals surface area contributed by atoms with E-state index < -0.39 is 0 Å². The lowest BCUT2D eigenvalue weighted by Gasteiger charge is -2.01. The lowest BCUT2D eigenvalue weighted by molar-refractivity contribution is 1.06. The summed E-state index contributed by atoms with van der Waals surface area (Å²) in [5, 5.41) is 10.7. The fourth-order valence-corrected chi connectivity index (χ4v) is 3.67. The van der Waals surface area contributed by atoms with Crippen molar-refractivity contribution in [1.82, 2.24) is 30.1 Å². The van der Waals surface area contributed by atoms with Gasteiger partial charge in [-0.2, -0.15) is 5.10 Å². The molecule has 6 nitrogen and oxygen atoms in total. The summed E-state index contributed by atoms with van der Waals surface area (Å²) in [6, 6.07) is 11.9. The third-order valence-corrected chi connectivity index (χ3v) is 5.21. The number of nitrogens with zero attached hydrogens (tertiary/aromatic N) is 4. The normalized spacial score (nSPS) is 12.5. The second kappa shape index (κ2) is 7.84. The van der Waals surface area contributed by atoms with Crippen LogP contribution in [0.5, 0.6) is 0 Å². The number of rotatable bonds is 4. The van der Waals surface area contributed by atoms with E-state index in [1.54, 1.807) is 12.4 Å². The van der Waals surface area contributed by atoms with E-state index in [9.17, 15) is 0 Å². The number of aromatic amines is 2. The van der Waals surface area contributed by atoms with Crippen molar-refractivity contribution >= 4 is 28.6 Å². The Morgan fingerprint density at radius 2 is 1.97 bits per heavy atom. The van der Waals surface area contributed by atoms with E-state index in [2.05, 4.69) is 42.8 Å². The summed E-state index contributed by atoms with van der Waals surface area (Å²) < 4.78 is 0. The Labute approximate surface area is 178 Å². The van der Waals surface area contributed by atoms with Crippen LogP contribution >= 0.6 is 0 Å². The molecule has 2 N–H and O–H groups in total. The molecule has 0 radical (unpaired) electrons. The van der Waals surface area contributed by atoms with E-state index in [0.717, 1.165) is 55.3 Å². The van der Waals surface area contributed by atoms with E-state index >= 15 is 0 Å². The molecule has 0 bridgehead atoms. The number of H-pyrrole nitrogens is 2. The topological polar surface area (TPSA) is 83.1 Å². The van der Waals surface area contributed by atoms with E-state index in [1.165, 1.54) is 0 Å². The van der Waals surface area contributed by atoms with Crippen molar-refractivity contribution in [3.05, 3.63) is 90.2 Å². The van der Waals surface area contributed by atoms with Crippen LogP contribution < -0.4 is 10.6 Å². The SMILES string of the molecule is C=C(/C=c1/c(-c2cc3c(-c4cccnc4)cncc3[nH]2)n[nH]/c1=C/C)c1ccccn1. The monoisotopic (exact) mass is 404 g/mol. The molecule has 0 aliphatic carbocycles. The first-order valence-corrected chi connectivity index (χ1v) is 9.95. The fourth-order valence-electron chi connectivity index (χ4n) is 3.67. The van der Waals surface area contributed by atoms with Crippen LogP contribution in [0.4, 0.5) is 0 Å². The Hall–Kier alpha value is -4.32. The number of nitrogens with one attached hydrogen (secondary N) is 2. The maximum Gasteiger partial charge on any atom is 0.116 e. The van der Waals surface area contributed by atoms with Crippen LogP contribution in [0, 0.1) is 0 Å². The standard InChI is InChI=1S/C25H20N6/c1-3-21-19(11-16(2)22-8-4-5-10-28-22)25(31-30-21)23-12-18-20(14-27-15-24(18)29-23)17-7-6-9-26-13-17/h3-15,29-30H,2H2,1H3/b19-11+,21-3+. The molecular formula is C25H20N6. The van der Waals surface area contributed by atoms with Crippen molar-refractivity contribution in [2.75, 3.05) is 0 Å². The third-order valence-electron chi connectivity index (χ3n) is 5.21. The maximum absolute atomic E-state index is 4.59. The molecule has 5 rings (SSSR count). The molecule has 0 aromatic carbocycles. The minimum absolute atomic E-state index is 0.818. The molecule has 31 heavy (non-hydrogen) atoms. The first-order valence-electron chi connectivity index (χ1n) is 9.95. The summed E-state index contributed by atoms with van der Waals surface area (Å²) in [7, 11) is 0. The van der Waals surface area contributed by atoms with E-state index in [0.29, 0.717) is 0 Å². The summed E-state index contributed by atoms with van der Waals surface area (Å²) in [5.74, 6) is 0. The van der Waals surface area contributed by atoms with Gasteiger partial charge in [-0.25, -0.2) is 0 Å². The average Bonchev–Trinajstić information content (AvgIpc) is 3.43. The van der Waals surface area contributed by atoms with Crippen LogP contribution in [0.1, 0.15) is 12.6 Å². The molecule has 0 aliphatic heterocycles. The maximum atomic E-state index is 4.59. The second-order valence-corrected chi connectivity index (χ2v) is 7.15. The second-order valence-electron chi connectivity index (χ2n) is 7.15. The summed E-state index contributed by atoms with van der Waals surface area (Å²) in [5.41, 5.74) is 6.35. The Morgan fingerprint density at radius 3 is 2.74 bits per heavy atom. The van der Waals surface area contributed by atoms with Crippen LogP contribution in [0.2, 0.25) is 0 Å². The third kappa shape index (κ3) is 3.44. The van der Waals surface area contributed by atoms with Gasteiger partial charge >= 0.3 is 0 Å². The number of hydrogen-bond acceptors (Lipinski definition) is 4. The van der Waals surface area contributed by atoms with Gasteiger partial charge in [-0.3, -0.25) is 20.1 Å². The van der Waals surface area contributed by atoms with Crippen LogP contribution in [0.15, 0.2) is 74.0 Å². The summed E-state index contributed by atoms with van der Waals surface area (Å²) >= 11 is 0. The Balaban J connectivity index is 1.68. The molecule has 5 aromatic heterocycles. The predicted octanol–water partition coefficient (Wildman–Crippen LogP) is 3.70. The highest BCUT2D eigenvalue weighted by Crippen LogP contribution is 2.29. The van der Waals surface area contributed by atoms with Crippen molar-refractivity contribution in [2.45, 2.75) is 6.92 Å². The van der Waals surface area contributed by atoms with Gasteiger partial charge in [0, 0.05) is 46.5 Å². The molecule has 0 aliphatic rings. The van der Waals surface area contributed by atoms with Gasteiger partial charge in [0.15, 0.2) is 0 Å². The van der Waals surface area contributed by atoms with Gasteiger partial charge in [-0.15, -0.1) is 0 Å². The Bertz CT molecular complexity index is 1490. The molecule has 150 valence electrons. The molecule has 5 aromatic rings. The fraction of sp³-hybridized carbons (Fsp3) is 0.0400. The molecule has 5 heterocycles. The molecule has 0 fully saturated rings. The average molecular weight is 404 g/mol. The van der Waals surface area contributed by atoms with Crippen LogP contribution in [-0.2, 0) is 0 Å².